The first-order chi connectivity index (χ1) is 11.0. The van der Waals surface area contributed by atoms with Crippen LogP contribution in [0.1, 0.15) is 60.5 Å². The van der Waals surface area contributed by atoms with Gasteiger partial charge in [0, 0.05) is 18.2 Å². The maximum Gasteiger partial charge on any atom is 0.220 e. The zero-order chi connectivity index (χ0) is 16.4. The van der Waals surface area contributed by atoms with Crippen LogP contribution in [-0.4, -0.2) is 22.1 Å². The molecule has 0 spiro atoms. The summed E-state index contributed by atoms with van der Waals surface area (Å²) in [4.78, 5) is 12.3. The molecule has 4 nitrogen and oxygen atoms in total. The number of nitrogens with one attached hydrogen (secondary N) is 2. The summed E-state index contributed by atoms with van der Waals surface area (Å²) < 4.78 is 0. The van der Waals surface area contributed by atoms with Gasteiger partial charge in [-0.05, 0) is 49.7 Å². The molecule has 3 rings (SSSR count). The summed E-state index contributed by atoms with van der Waals surface area (Å²) in [5.74, 6) is 0.935. The highest BCUT2D eigenvalue weighted by Gasteiger charge is 2.31. The van der Waals surface area contributed by atoms with Gasteiger partial charge in [-0.1, -0.05) is 37.3 Å². The van der Waals surface area contributed by atoms with Gasteiger partial charge >= 0.3 is 0 Å². The lowest BCUT2D eigenvalue weighted by molar-refractivity contribution is -0.122. The number of H-pyrrole nitrogens is 1. The third kappa shape index (κ3) is 3.46. The van der Waals surface area contributed by atoms with E-state index in [2.05, 4.69) is 46.7 Å². The van der Waals surface area contributed by atoms with Crippen LogP contribution in [0.3, 0.4) is 0 Å². The van der Waals surface area contributed by atoms with Crippen LogP contribution in [0, 0.1) is 13.8 Å². The van der Waals surface area contributed by atoms with Crippen LogP contribution in [0.5, 0.6) is 0 Å². The molecule has 1 saturated carbocycles. The van der Waals surface area contributed by atoms with Gasteiger partial charge in [-0.15, -0.1) is 0 Å². The minimum Gasteiger partial charge on any atom is -0.353 e. The maximum absolute atomic E-state index is 12.3. The Kier molecular flexibility index (Phi) is 4.51. The van der Waals surface area contributed by atoms with E-state index in [-0.39, 0.29) is 11.8 Å². The molecule has 0 unspecified atom stereocenters. The molecule has 0 aliphatic heterocycles. The van der Waals surface area contributed by atoms with Crippen LogP contribution < -0.4 is 5.32 Å². The van der Waals surface area contributed by atoms with Crippen molar-refractivity contribution in [3.8, 4) is 0 Å². The molecule has 1 fully saturated rings. The number of carbonyl (C=O) groups is 1. The summed E-state index contributed by atoms with van der Waals surface area (Å²) in [5.41, 5.74) is 4.62. The van der Waals surface area contributed by atoms with Crippen LogP contribution in [0.15, 0.2) is 30.3 Å². The lowest BCUT2D eigenvalue weighted by atomic mass is 9.76. The Labute approximate surface area is 137 Å². The van der Waals surface area contributed by atoms with E-state index in [1.165, 1.54) is 11.1 Å². The van der Waals surface area contributed by atoms with E-state index >= 15 is 0 Å². The van der Waals surface area contributed by atoms with Crippen molar-refractivity contribution in [2.24, 2.45) is 0 Å². The second-order valence-corrected chi connectivity index (χ2v) is 6.80. The average Bonchev–Trinajstić information content (AvgIpc) is 2.82. The van der Waals surface area contributed by atoms with Gasteiger partial charge in [-0.2, -0.15) is 5.10 Å². The second kappa shape index (κ2) is 6.57. The van der Waals surface area contributed by atoms with E-state index < -0.39 is 0 Å². The standard InChI is InChI=1S/C19H25N3O/c1-12(19-13(2)21-22-14(19)3)9-18(23)20-17-10-16(11-17)15-7-5-4-6-8-15/h4-8,12,16-17H,9-11H2,1-3H3,(H,20,23)(H,21,22)/t12-,16?,17?/m1/s1. The quantitative estimate of drug-likeness (QED) is 0.886. The van der Waals surface area contributed by atoms with Crippen LogP contribution >= 0.6 is 0 Å². The molecule has 1 aliphatic rings. The van der Waals surface area contributed by atoms with E-state index in [1.54, 1.807) is 0 Å². The summed E-state index contributed by atoms with van der Waals surface area (Å²) in [6.07, 6.45) is 2.62. The first kappa shape index (κ1) is 15.8. The van der Waals surface area contributed by atoms with Gasteiger partial charge in [0.1, 0.15) is 0 Å². The monoisotopic (exact) mass is 311 g/mol. The molecule has 0 saturated heterocycles. The SMILES string of the molecule is Cc1n[nH]c(C)c1[C@H](C)CC(=O)NC1CC(c2ccccc2)C1. The fraction of sp³-hybridized carbons (Fsp3) is 0.474. The third-order valence-electron chi connectivity index (χ3n) is 4.94. The first-order valence-corrected chi connectivity index (χ1v) is 8.40. The number of aryl methyl sites for hydroxylation is 2. The topological polar surface area (TPSA) is 57.8 Å². The lowest BCUT2D eigenvalue weighted by Crippen LogP contribution is -2.43. The summed E-state index contributed by atoms with van der Waals surface area (Å²) in [6.45, 7) is 6.10. The number of hydrogen-bond donors (Lipinski definition) is 2. The summed E-state index contributed by atoms with van der Waals surface area (Å²) >= 11 is 0. The molecule has 1 aliphatic carbocycles. The van der Waals surface area contributed by atoms with Gasteiger partial charge in [0.2, 0.25) is 5.91 Å². The Bertz CT molecular complexity index is 652. The van der Waals surface area contributed by atoms with Crippen molar-refractivity contribution in [1.29, 1.82) is 0 Å². The summed E-state index contributed by atoms with van der Waals surface area (Å²) in [6, 6.07) is 10.9. The van der Waals surface area contributed by atoms with Crippen molar-refractivity contribution in [3.63, 3.8) is 0 Å². The molecule has 1 aromatic heterocycles. The van der Waals surface area contributed by atoms with Crippen LogP contribution in [0.2, 0.25) is 0 Å². The number of carbonyl (C=O) groups excluding carboxylic acids is 1. The Hall–Kier alpha value is -2.10. The van der Waals surface area contributed by atoms with Gasteiger partial charge in [0.25, 0.3) is 0 Å². The van der Waals surface area contributed by atoms with Gasteiger partial charge in [0.15, 0.2) is 0 Å². The van der Waals surface area contributed by atoms with Gasteiger partial charge in [-0.3, -0.25) is 9.89 Å². The number of aromatic nitrogens is 2. The molecule has 0 radical (unpaired) electrons. The molecule has 1 aromatic carbocycles. The molecule has 0 bridgehead atoms. The molecule has 2 N–H and O–H groups in total. The van der Waals surface area contributed by atoms with Gasteiger partial charge in [0.05, 0.1) is 5.69 Å². The fourth-order valence-corrected chi connectivity index (χ4v) is 3.69. The van der Waals surface area contributed by atoms with Crippen molar-refractivity contribution in [1.82, 2.24) is 15.5 Å². The maximum atomic E-state index is 12.3. The number of rotatable bonds is 5. The number of benzene rings is 1. The van der Waals surface area contributed by atoms with Crippen LogP contribution in [0.25, 0.3) is 0 Å². The predicted octanol–water partition coefficient (Wildman–Crippen LogP) is 3.58. The molecule has 1 amide bonds. The van der Waals surface area contributed by atoms with Crippen LogP contribution in [0.4, 0.5) is 0 Å². The molecule has 4 heteroatoms. The van der Waals surface area contributed by atoms with E-state index in [4.69, 9.17) is 0 Å². The molecule has 1 atom stereocenters. The molecular weight excluding hydrogens is 286 g/mol. The highest BCUT2D eigenvalue weighted by atomic mass is 16.1. The highest BCUT2D eigenvalue weighted by Crippen LogP contribution is 2.36. The van der Waals surface area contributed by atoms with Crippen molar-refractivity contribution in [2.75, 3.05) is 0 Å². The Morgan fingerprint density at radius 2 is 2.00 bits per heavy atom. The zero-order valence-corrected chi connectivity index (χ0v) is 14.1. The number of hydrogen-bond acceptors (Lipinski definition) is 2. The van der Waals surface area contributed by atoms with Crippen molar-refractivity contribution < 1.29 is 4.79 Å². The predicted molar refractivity (Wildman–Crippen MR) is 91.4 cm³/mol. The number of aromatic amines is 1. The Morgan fingerprint density at radius 1 is 1.30 bits per heavy atom. The lowest BCUT2D eigenvalue weighted by Gasteiger charge is -2.36. The molecular formula is C19H25N3O. The largest absolute Gasteiger partial charge is 0.353 e. The normalized spacial score (nSPS) is 21.5. The van der Waals surface area contributed by atoms with Crippen LogP contribution in [-0.2, 0) is 4.79 Å². The van der Waals surface area contributed by atoms with Crippen molar-refractivity contribution in [3.05, 3.63) is 52.8 Å². The minimum atomic E-state index is 0.147. The third-order valence-corrected chi connectivity index (χ3v) is 4.94. The van der Waals surface area contributed by atoms with E-state index in [9.17, 15) is 4.79 Å². The first-order valence-electron chi connectivity index (χ1n) is 8.40. The second-order valence-electron chi connectivity index (χ2n) is 6.80. The van der Waals surface area contributed by atoms with Gasteiger partial charge < -0.3 is 5.32 Å². The number of amides is 1. The smallest absolute Gasteiger partial charge is 0.220 e. The van der Waals surface area contributed by atoms with Crippen molar-refractivity contribution >= 4 is 5.91 Å². The van der Waals surface area contributed by atoms with E-state index in [0.717, 1.165) is 24.2 Å². The average molecular weight is 311 g/mol. The van der Waals surface area contributed by atoms with E-state index in [0.29, 0.717) is 18.4 Å². The Morgan fingerprint density at radius 3 is 2.61 bits per heavy atom. The highest BCUT2D eigenvalue weighted by molar-refractivity contribution is 5.77. The molecule has 1 heterocycles. The Balaban J connectivity index is 1.48. The van der Waals surface area contributed by atoms with Gasteiger partial charge in [-0.25, -0.2) is 0 Å². The number of nitrogens with zero attached hydrogens (tertiary/aromatic N) is 1. The van der Waals surface area contributed by atoms with E-state index in [1.807, 2.05) is 19.9 Å². The summed E-state index contributed by atoms with van der Waals surface area (Å²) in [7, 11) is 0. The minimum absolute atomic E-state index is 0.147. The zero-order valence-electron chi connectivity index (χ0n) is 14.1. The fourth-order valence-electron chi connectivity index (χ4n) is 3.69. The molecule has 23 heavy (non-hydrogen) atoms. The summed E-state index contributed by atoms with van der Waals surface area (Å²) in [5, 5.41) is 10.4. The molecule has 122 valence electrons. The molecule has 2 aromatic rings. The van der Waals surface area contributed by atoms with Crippen molar-refractivity contribution in [2.45, 2.75) is 57.9 Å².